The molecule has 0 aliphatic carbocycles. The molecule has 0 radical (unpaired) electrons. The minimum atomic E-state index is 1.01. The van der Waals surface area contributed by atoms with Gasteiger partial charge in [-0.3, -0.25) is 0 Å². The molecule has 0 rings (SSSR count). The van der Waals surface area contributed by atoms with E-state index in [0.29, 0.717) is 0 Å². The van der Waals surface area contributed by atoms with Gasteiger partial charge in [0, 0.05) is 9.81 Å². The fraction of sp³-hybridized carbons (Fsp3) is 0.250. The summed E-state index contributed by atoms with van der Waals surface area (Å²) in [7, 11) is 0. The second kappa shape index (κ2) is 8.89. The van der Waals surface area contributed by atoms with Gasteiger partial charge < -0.3 is 0 Å². The van der Waals surface area contributed by atoms with Crippen molar-refractivity contribution in [3.63, 3.8) is 0 Å². The Bertz CT molecular complexity index is 386. The lowest BCUT2D eigenvalue weighted by atomic mass is 10.3. The average molecular weight is 246 g/mol. The van der Waals surface area contributed by atoms with Crippen LogP contribution in [-0.2, 0) is 0 Å². The van der Waals surface area contributed by atoms with E-state index in [4.69, 9.17) is 0 Å². The Labute approximate surface area is 110 Å². The van der Waals surface area contributed by atoms with Gasteiger partial charge in [-0.2, -0.15) is 0 Å². The molecule has 0 aromatic heterocycles. The molecule has 0 bridgehead atoms. The molecule has 92 valence electrons. The van der Waals surface area contributed by atoms with Gasteiger partial charge in [0.15, 0.2) is 0 Å². The minimum Gasteiger partial charge on any atom is -0.0979 e. The third-order valence-corrected chi connectivity index (χ3v) is 2.96. The molecule has 0 spiro atoms. The van der Waals surface area contributed by atoms with Crippen LogP contribution in [0.5, 0.6) is 0 Å². The zero-order chi connectivity index (χ0) is 13.3. The van der Waals surface area contributed by atoms with Crippen LogP contribution in [-0.4, -0.2) is 0 Å². The first-order valence-electron chi connectivity index (χ1n) is 5.65. The van der Waals surface area contributed by atoms with E-state index in [0.717, 1.165) is 9.81 Å². The number of hydrogen-bond acceptors (Lipinski definition) is 1. The summed E-state index contributed by atoms with van der Waals surface area (Å²) in [5, 5.41) is 0. The Kier molecular flexibility index (Phi) is 8.25. The van der Waals surface area contributed by atoms with Crippen molar-refractivity contribution in [2.75, 3.05) is 0 Å². The number of hydrogen-bond donors (Lipinski definition) is 0. The number of allylic oxidation sites excluding steroid dienone is 8. The number of rotatable bonds is 6. The summed E-state index contributed by atoms with van der Waals surface area (Å²) in [6, 6.07) is 0. The first-order valence-corrected chi connectivity index (χ1v) is 6.46. The molecule has 1 heteroatoms. The number of thioether (sulfide) groups is 1. The van der Waals surface area contributed by atoms with Crippen LogP contribution in [0.4, 0.5) is 0 Å². The van der Waals surface area contributed by atoms with Crippen molar-refractivity contribution in [2.24, 2.45) is 0 Å². The van der Waals surface area contributed by atoms with Crippen LogP contribution in [0.3, 0.4) is 0 Å². The van der Waals surface area contributed by atoms with Gasteiger partial charge in [0.2, 0.25) is 0 Å². The summed E-state index contributed by atoms with van der Waals surface area (Å²) >= 11 is 1.63. The standard InChI is InChI=1S/C16H22S/c1-7-14(5)10-11-15(6)17-16(8-2)12-9-13(3)4/h7-12H,2,6H2,1,3-5H3/b11-10-,14-7-,16-12+. The minimum absolute atomic E-state index is 1.01. The van der Waals surface area contributed by atoms with Crippen LogP contribution in [0.25, 0.3) is 0 Å². The summed E-state index contributed by atoms with van der Waals surface area (Å²) in [4.78, 5) is 2.12. The van der Waals surface area contributed by atoms with Crippen molar-refractivity contribution in [2.45, 2.75) is 27.7 Å². The molecule has 0 aromatic rings. The van der Waals surface area contributed by atoms with E-state index in [2.05, 4.69) is 58.2 Å². The summed E-state index contributed by atoms with van der Waals surface area (Å²) < 4.78 is 0. The molecule has 0 saturated heterocycles. The second-order valence-corrected chi connectivity index (χ2v) is 5.15. The van der Waals surface area contributed by atoms with Crippen molar-refractivity contribution in [3.8, 4) is 0 Å². The highest BCUT2D eigenvalue weighted by Gasteiger charge is 1.94. The lowest BCUT2D eigenvalue weighted by Crippen LogP contribution is -1.73. The second-order valence-electron chi connectivity index (χ2n) is 3.95. The topological polar surface area (TPSA) is 0 Å². The largest absolute Gasteiger partial charge is 0.0979 e. The molecule has 0 N–H and O–H groups in total. The van der Waals surface area contributed by atoms with Gasteiger partial charge in [0.05, 0.1) is 0 Å². The van der Waals surface area contributed by atoms with E-state index in [1.807, 2.05) is 19.1 Å². The Morgan fingerprint density at radius 3 is 2.18 bits per heavy atom. The first kappa shape index (κ1) is 15.8. The smallest absolute Gasteiger partial charge is 0.0116 e. The van der Waals surface area contributed by atoms with Crippen molar-refractivity contribution in [1.82, 2.24) is 0 Å². The highest BCUT2D eigenvalue weighted by atomic mass is 32.2. The predicted octanol–water partition coefficient (Wildman–Crippen LogP) is 5.79. The van der Waals surface area contributed by atoms with Crippen molar-refractivity contribution in [1.29, 1.82) is 0 Å². The highest BCUT2D eigenvalue weighted by molar-refractivity contribution is 8.07. The fourth-order valence-electron chi connectivity index (χ4n) is 0.899. The zero-order valence-electron chi connectivity index (χ0n) is 11.3. The van der Waals surface area contributed by atoms with Gasteiger partial charge in [-0.25, -0.2) is 0 Å². The first-order chi connectivity index (χ1) is 7.99. The lowest BCUT2D eigenvalue weighted by molar-refractivity contribution is 1.39. The van der Waals surface area contributed by atoms with Gasteiger partial charge >= 0.3 is 0 Å². The molecule has 0 unspecified atom stereocenters. The van der Waals surface area contributed by atoms with Crippen LogP contribution >= 0.6 is 11.8 Å². The molecule has 0 nitrogen and oxygen atoms in total. The monoisotopic (exact) mass is 246 g/mol. The van der Waals surface area contributed by atoms with Crippen molar-refractivity contribution >= 4 is 11.8 Å². The Balaban J connectivity index is 4.55. The Morgan fingerprint density at radius 2 is 1.71 bits per heavy atom. The van der Waals surface area contributed by atoms with Crippen LogP contribution in [0.1, 0.15) is 27.7 Å². The van der Waals surface area contributed by atoms with Crippen LogP contribution in [0.15, 0.2) is 70.6 Å². The maximum atomic E-state index is 4.02. The van der Waals surface area contributed by atoms with Gasteiger partial charge in [-0.05, 0) is 39.8 Å². The van der Waals surface area contributed by atoms with Gasteiger partial charge in [0.25, 0.3) is 0 Å². The molecule has 0 aromatic carbocycles. The molecule has 0 amide bonds. The van der Waals surface area contributed by atoms with E-state index in [9.17, 15) is 0 Å². The molecule has 17 heavy (non-hydrogen) atoms. The van der Waals surface area contributed by atoms with Crippen LogP contribution in [0, 0.1) is 0 Å². The normalized spacial score (nSPS) is 12.7. The Morgan fingerprint density at radius 1 is 1.06 bits per heavy atom. The molecular weight excluding hydrogens is 224 g/mol. The maximum Gasteiger partial charge on any atom is 0.0116 e. The summed E-state index contributed by atoms with van der Waals surface area (Å²) in [5.74, 6) is 0. The molecule has 0 fully saturated rings. The van der Waals surface area contributed by atoms with Crippen molar-refractivity contribution < 1.29 is 0 Å². The molecule has 0 aliphatic rings. The molecule has 0 aliphatic heterocycles. The highest BCUT2D eigenvalue weighted by Crippen LogP contribution is 2.26. The molecule has 0 saturated carbocycles. The predicted molar refractivity (Wildman–Crippen MR) is 83.0 cm³/mol. The summed E-state index contributed by atoms with van der Waals surface area (Å²) in [6.45, 7) is 16.1. The van der Waals surface area contributed by atoms with E-state index in [1.165, 1.54) is 11.1 Å². The quantitative estimate of drug-likeness (QED) is 0.534. The van der Waals surface area contributed by atoms with Crippen molar-refractivity contribution in [3.05, 3.63) is 70.6 Å². The zero-order valence-corrected chi connectivity index (χ0v) is 12.1. The Hall–Kier alpha value is -1.21. The SMILES string of the molecule is C=C/C(=C\C=C(C)C)SC(=C)/C=C\C(C)=C/C. The third-order valence-electron chi connectivity index (χ3n) is 2.02. The maximum absolute atomic E-state index is 4.02. The average Bonchev–Trinajstić information content (AvgIpc) is 2.30. The molecular formula is C16H22S. The van der Waals surface area contributed by atoms with Gasteiger partial charge in [0.1, 0.15) is 0 Å². The van der Waals surface area contributed by atoms with Crippen LogP contribution < -0.4 is 0 Å². The summed E-state index contributed by atoms with van der Waals surface area (Å²) in [5.41, 5.74) is 2.51. The van der Waals surface area contributed by atoms with Gasteiger partial charge in [-0.1, -0.05) is 60.4 Å². The van der Waals surface area contributed by atoms with E-state index >= 15 is 0 Å². The third kappa shape index (κ3) is 8.58. The fourth-order valence-corrected chi connectivity index (χ4v) is 1.56. The van der Waals surface area contributed by atoms with Crippen LogP contribution in [0.2, 0.25) is 0 Å². The summed E-state index contributed by atoms with van der Waals surface area (Å²) in [6.07, 6.45) is 12.2. The molecule has 0 heterocycles. The van der Waals surface area contributed by atoms with E-state index in [1.54, 1.807) is 11.8 Å². The molecule has 0 atom stereocenters. The van der Waals surface area contributed by atoms with Gasteiger partial charge in [-0.15, -0.1) is 0 Å². The lowest BCUT2D eigenvalue weighted by Gasteiger charge is -2.00. The van der Waals surface area contributed by atoms with E-state index < -0.39 is 0 Å². The van der Waals surface area contributed by atoms with E-state index in [-0.39, 0.29) is 0 Å².